The quantitative estimate of drug-likeness (QED) is 0.698. The Balaban J connectivity index is 1.67. The van der Waals surface area contributed by atoms with Crippen LogP contribution in [-0.2, 0) is 13.0 Å². The first kappa shape index (κ1) is 17.4. The normalized spacial score (nSPS) is 15.8. The average molecular weight is 358 g/mol. The predicted octanol–water partition coefficient (Wildman–Crippen LogP) is 4.10. The predicted molar refractivity (Wildman–Crippen MR) is 105 cm³/mol. The highest BCUT2D eigenvalue weighted by Gasteiger charge is 2.24. The van der Waals surface area contributed by atoms with E-state index in [0.29, 0.717) is 6.61 Å². The average Bonchev–Trinajstić information content (AvgIpc) is 2.72. The molecule has 2 aromatic carbocycles. The fourth-order valence-electron chi connectivity index (χ4n) is 3.61. The molecule has 0 saturated carbocycles. The minimum Gasteiger partial charge on any atom is -0.487 e. The van der Waals surface area contributed by atoms with Crippen molar-refractivity contribution >= 4 is 5.78 Å². The van der Waals surface area contributed by atoms with Crippen LogP contribution in [0.2, 0.25) is 0 Å². The van der Waals surface area contributed by atoms with Crippen LogP contribution in [0, 0.1) is 0 Å². The Morgan fingerprint density at radius 2 is 1.96 bits per heavy atom. The Bertz CT molecular complexity index is 954. The minimum absolute atomic E-state index is 0.00718. The lowest BCUT2D eigenvalue weighted by molar-refractivity contribution is 0.101. The number of carbonyl (C=O) groups is 1. The van der Waals surface area contributed by atoms with Crippen LogP contribution >= 0.6 is 0 Å². The zero-order chi connectivity index (χ0) is 18.6. The van der Waals surface area contributed by atoms with Gasteiger partial charge in [-0.1, -0.05) is 30.3 Å². The van der Waals surface area contributed by atoms with E-state index in [1.54, 1.807) is 13.1 Å². The highest BCUT2D eigenvalue weighted by Crippen LogP contribution is 2.33. The van der Waals surface area contributed by atoms with Crippen molar-refractivity contribution < 1.29 is 9.53 Å². The second-order valence-corrected chi connectivity index (χ2v) is 6.75. The molecule has 0 saturated heterocycles. The van der Waals surface area contributed by atoms with Crippen molar-refractivity contribution in [1.29, 1.82) is 0 Å². The van der Waals surface area contributed by atoms with Crippen LogP contribution in [0.4, 0.5) is 0 Å². The number of Topliss-reactive ketones (excluding diaryl/α,β-unsaturated/α-hetero) is 1. The number of aromatic nitrogens is 1. The van der Waals surface area contributed by atoms with Gasteiger partial charge in [0, 0.05) is 18.3 Å². The lowest BCUT2D eigenvalue weighted by Crippen LogP contribution is -2.31. The first-order valence-electron chi connectivity index (χ1n) is 9.21. The van der Waals surface area contributed by atoms with Gasteiger partial charge < -0.3 is 10.1 Å². The lowest BCUT2D eigenvalue weighted by atomic mass is 9.87. The van der Waals surface area contributed by atoms with Crippen molar-refractivity contribution in [3.8, 4) is 5.75 Å². The molecule has 27 heavy (non-hydrogen) atoms. The third kappa shape index (κ3) is 3.76. The molecule has 136 valence electrons. The molecule has 1 aliphatic heterocycles. The summed E-state index contributed by atoms with van der Waals surface area (Å²) in [5, 5.41) is 3.57. The minimum atomic E-state index is -0.00718. The number of ether oxygens (including phenoxy) is 1. The Hall–Kier alpha value is -2.98. The number of nitrogens with one attached hydrogen (secondary N) is 1. The number of ketones is 1. The maximum atomic E-state index is 12.2. The van der Waals surface area contributed by atoms with Crippen molar-refractivity contribution in [3.05, 3.63) is 94.8 Å². The van der Waals surface area contributed by atoms with Gasteiger partial charge in [0.05, 0.1) is 11.7 Å². The summed E-state index contributed by atoms with van der Waals surface area (Å²) in [7, 11) is 0. The van der Waals surface area contributed by atoms with E-state index >= 15 is 0 Å². The summed E-state index contributed by atoms with van der Waals surface area (Å²) >= 11 is 0. The van der Waals surface area contributed by atoms with E-state index in [2.05, 4.69) is 28.5 Å². The molecule has 1 atom stereocenters. The Morgan fingerprint density at radius 3 is 2.78 bits per heavy atom. The molecular formula is C23H22N2O2. The standard InChI is InChI=1S/C23H22N2O2/c1-16(26)20-10-9-19(27-15-18-7-4-5-12-24-18)14-22(20)23-21-8-3-2-6-17(21)11-13-25-23/h2-10,12,14,23,25H,11,13,15H2,1H3. The molecule has 4 heteroatoms. The van der Waals surface area contributed by atoms with E-state index in [-0.39, 0.29) is 11.8 Å². The van der Waals surface area contributed by atoms with Crippen LogP contribution in [0.3, 0.4) is 0 Å². The van der Waals surface area contributed by atoms with E-state index in [0.717, 1.165) is 35.5 Å². The number of hydrogen-bond acceptors (Lipinski definition) is 4. The van der Waals surface area contributed by atoms with Gasteiger partial charge in [-0.05, 0) is 60.4 Å². The molecule has 2 heterocycles. The number of nitrogens with zero attached hydrogens (tertiary/aromatic N) is 1. The molecule has 0 spiro atoms. The molecule has 0 fully saturated rings. The molecule has 1 N–H and O–H groups in total. The zero-order valence-corrected chi connectivity index (χ0v) is 15.3. The molecule has 0 bridgehead atoms. The molecule has 1 aromatic heterocycles. The van der Waals surface area contributed by atoms with Crippen LogP contribution < -0.4 is 10.1 Å². The number of benzene rings is 2. The third-order valence-electron chi connectivity index (χ3n) is 4.94. The van der Waals surface area contributed by atoms with Gasteiger partial charge in [-0.2, -0.15) is 0 Å². The van der Waals surface area contributed by atoms with E-state index in [1.807, 2.05) is 42.5 Å². The van der Waals surface area contributed by atoms with Crippen molar-refractivity contribution in [2.75, 3.05) is 6.54 Å². The summed E-state index contributed by atoms with van der Waals surface area (Å²) in [6, 6.07) is 19.9. The summed E-state index contributed by atoms with van der Waals surface area (Å²) < 4.78 is 5.94. The number of hydrogen-bond donors (Lipinski definition) is 1. The fraction of sp³-hybridized carbons (Fsp3) is 0.217. The topological polar surface area (TPSA) is 51.2 Å². The molecule has 3 aromatic rings. The Morgan fingerprint density at radius 1 is 1.11 bits per heavy atom. The largest absolute Gasteiger partial charge is 0.487 e. The smallest absolute Gasteiger partial charge is 0.160 e. The van der Waals surface area contributed by atoms with Gasteiger partial charge in [-0.3, -0.25) is 9.78 Å². The van der Waals surface area contributed by atoms with Crippen molar-refractivity contribution in [2.24, 2.45) is 0 Å². The lowest BCUT2D eigenvalue weighted by Gasteiger charge is -2.29. The van der Waals surface area contributed by atoms with Crippen molar-refractivity contribution in [3.63, 3.8) is 0 Å². The van der Waals surface area contributed by atoms with E-state index in [9.17, 15) is 4.79 Å². The van der Waals surface area contributed by atoms with Crippen LogP contribution in [0.1, 0.15) is 45.7 Å². The van der Waals surface area contributed by atoms with Crippen molar-refractivity contribution in [1.82, 2.24) is 10.3 Å². The maximum absolute atomic E-state index is 12.2. The monoisotopic (exact) mass is 358 g/mol. The van der Waals surface area contributed by atoms with Gasteiger partial charge in [0.25, 0.3) is 0 Å². The summed E-state index contributed by atoms with van der Waals surface area (Å²) in [6.45, 7) is 2.90. The number of rotatable bonds is 5. The number of carbonyl (C=O) groups excluding carboxylic acids is 1. The second-order valence-electron chi connectivity index (χ2n) is 6.75. The first-order valence-corrected chi connectivity index (χ1v) is 9.21. The zero-order valence-electron chi connectivity index (χ0n) is 15.3. The van der Waals surface area contributed by atoms with Gasteiger partial charge in [-0.15, -0.1) is 0 Å². The van der Waals surface area contributed by atoms with Crippen LogP contribution in [0.15, 0.2) is 66.9 Å². The summed E-state index contributed by atoms with van der Waals surface area (Å²) in [5.41, 5.74) is 5.13. The van der Waals surface area contributed by atoms with Crippen LogP contribution in [0.25, 0.3) is 0 Å². The van der Waals surface area contributed by atoms with Gasteiger partial charge in [0.2, 0.25) is 0 Å². The van der Waals surface area contributed by atoms with Crippen LogP contribution in [-0.4, -0.2) is 17.3 Å². The molecule has 0 amide bonds. The molecule has 0 radical (unpaired) electrons. The van der Waals surface area contributed by atoms with Gasteiger partial charge in [0.1, 0.15) is 12.4 Å². The third-order valence-corrected chi connectivity index (χ3v) is 4.94. The van der Waals surface area contributed by atoms with E-state index < -0.39 is 0 Å². The molecule has 4 rings (SSSR count). The highest BCUT2D eigenvalue weighted by molar-refractivity contribution is 5.96. The van der Waals surface area contributed by atoms with Crippen LogP contribution in [0.5, 0.6) is 5.75 Å². The summed E-state index contributed by atoms with van der Waals surface area (Å²) in [6.07, 6.45) is 2.75. The number of pyridine rings is 1. The van der Waals surface area contributed by atoms with E-state index in [1.165, 1.54) is 11.1 Å². The highest BCUT2D eigenvalue weighted by atomic mass is 16.5. The number of fused-ring (bicyclic) bond motifs is 1. The maximum Gasteiger partial charge on any atom is 0.160 e. The summed E-state index contributed by atoms with van der Waals surface area (Å²) in [5.74, 6) is 0.802. The van der Waals surface area contributed by atoms with E-state index in [4.69, 9.17) is 4.74 Å². The second kappa shape index (κ2) is 7.72. The Labute approximate surface area is 159 Å². The van der Waals surface area contributed by atoms with Gasteiger partial charge in [0.15, 0.2) is 5.78 Å². The molecule has 0 aliphatic carbocycles. The molecule has 4 nitrogen and oxygen atoms in total. The molecule has 1 unspecified atom stereocenters. The molecular weight excluding hydrogens is 336 g/mol. The summed E-state index contributed by atoms with van der Waals surface area (Å²) in [4.78, 5) is 16.5. The van der Waals surface area contributed by atoms with Gasteiger partial charge in [-0.25, -0.2) is 0 Å². The van der Waals surface area contributed by atoms with Crippen molar-refractivity contribution in [2.45, 2.75) is 26.0 Å². The first-order chi connectivity index (χ1) is 13.2. The Kier molecular flexibility index (Phi) is 4.99. The SMILES string of the molecule is CC(=O)c1ccc(OCc2ccccn2)cc1C1NCCc2ccccc21. The fourth-order valence-corrected chi connectivity index (χ4v) is 3.61. The molecule has 1 aliphatic rings. The van der Waals surface area contributed by atoms with Gasteiger partial charge >= 0.3 is 0 Å².